The van der Waals surface area contributed by atoms with E-state index in [4.69, 9.17) is 5.73 Å². The van der Waals surface area contributed by atoms with Crippen molar-refractivity contribution in [2.75, 3.05) is 5.73 Å². The second kappa shape index (κ2) is 7.37. The van der Waals surface area contributed by atoms with Gasteiger partial charge in [-0.3, -0.25) is 4.79 Å². The summed E-state index contributed by atoms with van der Waals surface area (Å²) in [4.78, 5) is 19.0. The first kappa shape index (κ1) is 19.8. The fourth-order valence-corrected chi connectivity index (χ4v) is 3.53. The topological polar surface area (TPSA) is 85.8 Å². The number of rotatable bonds is 3. The Labute approximate surface area is 170 Å². The van der Waals surface area contributed by atoms with Gasteiger partial charge in [0.1, 0.15) is 24.3 Å². The van der Waals surface area contributed by atoms with E-state index in [2.05, 4.69) is 27.1 Å². The van der Waals surface area contributed by atoms with Gasteiger partial charge in [0.2, 0.25) is 5.91 Å². The van der Waals surface area contributed by atoms with Gasteiger partial charge in [0.15, 0.2) is 0 Å². The van der Waals surface area contributed by atoms with E-state index in [1.165, 1.54) is 13.1 Å². The van der Waals surface area contributed by atoms with Crippen LogP contribution in [0.25, 0.3) is 11.0 Å². The molecule has 0 spiro atoms. The summed E-state index contributed by atoms with van der Waals surface area (Å²) in [7, 11) is 0. The molecule has 1 aromatic carbocycles. The van der Waals surface area contributed by atoms with E-state index in [0.717, 1.165) is 22.9 Å². The van der Waals surface area contributed by atoms with E-state index in [1.807, 2.05) is 24.3 Å². The second-order valence-electron chi connectivity index (χ2n) is 7.27. The normalized spacial score (nSPS) is 18.0. The Morgan fingerprint density at radius 3 is 2.87 bits per heavy atom. The van der Waals surface area contributed by atoms with Crippen LogP contribution >= 0.6 is 0 Å². The molecule has 3 N–H and O–H groups in total. The highest BCUT2D eigenvalue weighted by atomic mass is 19.4. The summed E-state index contributed by atoms with van der Waals surface area (Å²) in [5.74, 6) is 6.17. The van der Waals surface area contributed by atoms with Crippen LogP contribution in [0.15, 0.2) is 36.8 Å². The number of nitrogens with one attached hydrogen (secondary N) is 1. The van der Waals surface area contributed by atoms with E-state index in [1.54, 1.807) is 0 Å². The molecule has 6 nitrogen and oxygen atoms in total. The molecule has 0 aliphatic heterocycles. The Balaban J connectivity index is 1.65. The molecule has 154 valence electrons. The zero-order valence-electron chi connectivity index (χ0n) is 16.0. The van der Waals surface area contributed by atoms with Gasteiger partial charge < -0.3 is 15.6 Å². The Kier molecular flexibility index (Phi) is 4.86. The van der Waals surface area contributed by atoms with Gasteiger partial charge in [-0.15, -0.1) is 0 Å². The van der Waals surface area contributed by atoms with Gasteiger partial charge in [0, 0.05) is 30.6 Å². The van der Waals surface area contributed by atoms with Gasteiger partial charge in [-0.1, -0.05) is 24.0 Å². The summed E-state index contributed by atoms with van der Waals surface area (Å²) < 4.78 is 39.7. The number of carbonyl (C=O) groups excluding carboxylic acids is 1. The number of benzene rings is 1. The van der Waals surface area contributed by atoms with Gasteiger partial charge in [-0.25, -0.2) is 9.97 Å². The lowest BCUT2D eigenvalue weighted by atomic mass is 10.1. The Bertz CT molecular complexity index is 1190. The first-order chi connectivity index (χ1) is 14.2. The van der Waals surface area contributed by atoms with Crippen molar-refractivity contribution < 1.29 is 18.0 Å². The maximum Gasteiger partial charge on any atom is 0.406 e. The lowest BCUT2D eigenvalue weighted by molar-refractivity contribution is -0.140. The molecule has 3 aromatic rings. The van der Waals surface area contributed by atoms with Gasteiger partial charge in [-0.2, -0.15) is 13.2 Å². The smallest absolute Gasteiger partial charge is 0.383 e. The Morgan fingerprint density at radius 2 is 2.13 bits per heavy atom. The van der Waals surface area contributed by atoms with Crippen LogP contribution in [0.4, 0.5) is 19.0 Å². The molecule has 0 bridgehead atoms. The van der Waals surface area contributed by atoms with Crippen molar-refractivity contribution in [2.45, 2.75) is 38.0 Å². The largest absolute Gasteiger partial charge is 0.406 e. The summed E-state index contributed by atoms with van der Waals surface area (Å²) in [6.07, 6.45) is -1.10. The molecule has 9 heteroatoms. The summed E-state index contributed by atoms with van der Waals surface area (Å²) in [5, 5.41) is 3.20. The summed E-state index contributed by atoms with van der Waals surface area (Å²) in [6.45, 7) is 0.297. The number of aromatic nitrogens is 3. The molecular formula is C21H18F3N5O. The molecule has 30 heavy (non-hydrogen) atoms. The van der Waals surface area contributed by atoms with Gasteiger partial charge in [0.25, 0.3) is 0 Å². The minimum absolute atomic E-state index is 0.0616. The number of nitrogens with two attached hydrogens (primary N) is 1. The van der Waals surface area contributed by atoms with E-state index in [0.29, 0.717) is 16.5 Å². The fourth-order valence-electron chi connectivity index (χ4n) is 3.53. The molecule has 1 fully saturated rings. The molecule has 1 saturated carbocycles. The van der Waals surface area contributed by atoms with Crippen LogP contribution < -0.4 is 11.1 Å². The average Bonchev–Trinajstić information content (AvgIpc) is 3.33. The third-order valence-electron chi connectivity index (χ3n) is 4.87. The summed E-state index contributed by atoms with van der Waals surface area (Å²) in [5.41, 5.74) is 8.08. The van der Waals surface area contributed by atoms with Crippen LogP contribution in [0.3, 0.4) is 0 Å². The van der Waals surface area contributed by atoms with Crippen molar-refractivity contribution in [3.8, 4) is 11.8 Å². The predicted molar refractivity (Wildman–Crippen MR) is 105 cm³/mol. The Morgan fingerprint density at radius 1 is 1.33 bits per heavy atom. The highest BCUT2D eigenvalue weighted by Gasteiger charge is 2.38. The van der Waals surface area contributed by atoms with Gasteiger partial charge >= 0.3 is 6.18 Å². The number of amides is 1. The van der Waals surface area contributed by atoms with Gasteiger partial charge in [-0.05, 0) is 24.1 Å². The van der Waals surface area contributed by atoms with Gasteiger partial charge in [0.05, 0.1) is 10.9 Å². The molecule has 2 aromatic heterocycles. The first-order valence-corrected chi connectivity index (χ1v) is 9.26. The lowest BCUT2D eigenvalue weighted by Gasteiger charge is -2.07. The van der Waals surface area contributed by atoms with Crippen LogP contribution in [0, 0.1) is 11.8 Å². The summed E-state index contributed by atoms with van der Waals surface area (Å²) >= 11 is 0. The third-order valence-corrected chi connectivity index (χ3v) is 4.87. The number of halogens is 3. The number of nitrogens with zero attached hydrogens (tertiary/aromatic N) is 3. The average molecular weight is 413 g/mol. The molecule has 1 aliphatic rings. The highest BCUT2D eigenvalue weighted by Crippen LogP contribution is 2.40. The molecule has 1 amide bonds. The van der Waals surface area contributed by atoms with Crippen molar-refractivity contribution in [1.82, 2.24) is 19.9 Å². The molecule has 4 rings (SSSR count). The molecule has 2 atom stereocenters. The molecule has 2 unspecified atom stereocenters. The Hall–Kier alpha value is -3.54. The monoisotopic (exact) mass is 413 g/mol. The van der Waals surface area contributed by atoms with E-state index >= 15 is 0 Å². The number of fused-ring (bicyclic) bond motifs is 1. The number of alkyl halides is 3. The van der Waals surface area contributed by atoms with Crippen molar-refractivity contribution >= 4 is 22.8 Å². The number of anilines is 1. The number of hydrogen-bond acceptors (Lipinski definition) is 4. The minimum atomic E-state index is -4.40. The fraction of sp³-hybridized carbons (Fsp3) is 0.286. The molecule has 0 saturated heterocycles. The molecule has 1 aliphatic carbocycles. The minimum Gasteiger partial charge on any atom is -0.383 e. The van der Waals surface area contributed by atoms with Crippen LogP contribution in [-0.2, 0) is 11.3 Å². The van der Waals surface area contributed by atoms with Crippen LogP contribution in [0.1, 0.15) is 36.0 Å². The van der Waals surface area contributed by atoms with Crippen LogP contribution in [-0.4, -0.2) is 32.7 Å². The third kappa shape index (κ3) is 4.22. The van der Waals surface area contributed by atoms with Crippen molar-refractivity contribution in [1.29, 1.82) is 0 Å². The lowest BCUT2D eigenvalue weighted by Crippen LogP contribution is -2.23. The second-order valence-corrected chi connectivity index (χ2v) is 7.27. The SMILES string of the molecule is CC(=O)NC1CC1c1cccc(C#Cc2cn(CC(F)(F)F)c3ncnc(N)c23)c1. The maximum absolute atomic E-state index is 12.9. The maximum atomic E-state index is 12.9. The quantitative estimate of drug-likeness (QED) is 0.647. The number of hydrogen-bond donors (Lipinski definition) is 2. The highest BCUT2D eigenvalue weighted by molar-refractivity contribution is 5.92. The molecular weight excluding hydrogens is 395 g/mol. The van der Waals surface area contributed by atoms with Crippen molar-refractivity contribution in [3.05, 3.63) is 53.5 Å². The predicted octanol–water partition coefficient (Wildman–Crippen LogP) is 2.97. The van der Waals surface area contributed by atoms with E-state index in [9.17, 15) is 18.0 Å². The van der Waals surface area contributed by atoms with Crippen molar-refractivity contribution in [2.24, 2.45) is 0 Å². The molecule has 0 radical (unpaired) electrons. The molecule has 2 heterocycles. The van der Waals surface area contributed by atoms with Crippen LogP contribution in [0.5, 0.6) is 0 Å². The van der Waals surface area contributed by atoms with E-state index in [-0.39, 0.29) is 29.3 Å². The first-order valence-electron chi connectivity index (χ1n) is 9.26. The number of carbonyl (C=O) groups is 1. The number of nitrogen functional groups attached to an aromatic ring is 1. The van der Waals surface area contributed by atoms with Crippen LogP contribution in [0.2, 0.25) is 0 Å². The van der Waals surface area contributed by atoms with E-state index < -0.39 is 12.7 Å². The van der Waals surface area contributed by atoms with Crippen molar-refractivity contribution in [3.63, 3.8) is 0 Å². The summed E-state index contributed by atoms with van der Waals surface area (Å²) in [6, 6.07) is 7.71. The zero-order chi connectivity index (χ0) is 21.5. The zero-order valence-corrected chi connectivity index (χ0v) is 16.0. The standard InChI is InChI=1S/C21H18F3N5O/c1-12(30)28-17-8-16(17)14-4-2-3-13(7-14)5-6-15-9-29(10-21(22,23)24)20-18(15)19(25)26-11-27-20/h2-4,7,9,11,16-17H,8,10H2,1H3,(H,28,30)(H2,25,26,27).